The number of hydrogen-bond acceptors (Lipinski definition) is 4. The van der Waals surface area contributed by atoms with Gasteiger partial charge in [-0.25, -0.2) is 9.37 Å². The minimum absolute atomic E-state index is 0.229. The zero-order chi connectivity index (χ0) is 18.1. The van der Waals surface area contributed by atoms with Crippen molar-refractivity contribution in [3.8, 4) is 5.69 Å². The molecule has 0 spiro atoms. The summed E-state index contributed by atoms with van der Waals surface area (Å²) in [6.07, 6.45) is 1.46. The normalized spacial score (nSPS) is 11.2. The molecule has 2 heterocycles. The molecule has 0 fully saturated rings. The van der Waals surface area contributed by atoms with Gasteiger partial charge in [0.2, 0.25) is 0 Å². The Morgan fingerprint density at radius 2 is 2.00 bits per heavy atom. The lowest BCUT2D eigenvalue weighted by molar-refractivity contribution is 0.626. The van der Waals surface area contributed by atoms with Gasteiger partial charge in [-0.3, -0.25) is 14.5 Å². The number of benzene rings is 2. The number of nitrogens with one attached hydrogen (secondary N) is 1. The average Bonchev–Trinajstić information content (AvgIpc) is 3.10. The lowest BCUT2D eigenvalue weighted by Crippen LogP contribution is -2.21. The maximum absolute atomic E-state index is 13.4. The number of fused-ring (bicyclic) bond motifs is 1. The minimum atomic E-state index is -0.296. The molecule has 0 unspecified atom stereocenters. The van der Waals surface area contributed by atoms with E-state index in [1.54, 1.807) is 30.3 Å². The second-order valence-electron chi connectivity index (χ2n) is 5.56. The highest BCUT2D eigenvalue weighted by atomic mass is 35.5. The van der Waals surface area contributed by atoms with Gasteiger partial charge in [0, 0.05) is 10.8 Å². The summed E-state index contributed by atoms with van der Waals surface area (Å²) in [4.78, 5) is 17.4. The fraction of sp³-hybridized carbons (Fsp3) is 0.0556. The Balaban J connectivity index is 1.80. The van der Waals surface area contributed by atoms with Gasteiger partial charge in [0.25, 0.3) is 5.56 Å². The zero-order valence-corrected chi connectivity index (χ0v) is 14.9. The van der Waals surface area contributed by atoms with Crippen molar-refractivity contribution in [1.82, 2.24) is 19.7 Å². The highest BCUT2D eigenvalue weighted by Crippen LogP contribution is 2.25. The number of aromatic nitrogens is 4. The van der Waals surface area contributed by atoms with Gasteiger partial charge in [-0.1, -0.05) is 35.5 Å². The Morgan fingerprint density at radius 1 is 1.19 bits per heavy atom. The van der Waals surface area contributed by atoms with Crippen molar-refractivity contribution < 1.29 is 4.39 Å². The summed E-state index contributed by atoms with van der Waals surface area (Å²) in [5.74, 6) is 0.174. The van der Waals surface area contributed by atoms with E-state index >= 15 is 0 Å². The highest BCUT2D eigenvalue weighted by Gasteiger charge is 2.15. The minimum Gasteiger partial charge on any atom is -0.268 e. The molecule has 0 atom stereocenters. The van der Waals surface area contributed by atoms with Crippen LogP contribution in [0.15, 0.2) is 64.7 Å². The molecule has 5 nitrogen and oxygen atoms in total. The third-order valence-electron chi connectivity index (χ3n) is 3.79. The number of rotatable bonds is 4. The zero-order valence-electron chi connectivity index (χ0n) is 13.3. The van der Waals surface area contributed by atoms with Crippen molar-refractivity contribution in [2.24, 2.45) is 0 Å². The van der Waals surface area contributed by atoms with E-state index in [2.05, 4.69) is 15.2 Å². The van der Waals surface area contributed by atoms with Crippen molar-refractivity contribution in [2.75, 3.05) is 0 Å². The lowest BCUT2D eigenvalue weighted by atomic mass is 10.2. The predicted molar refractivity (Wildman–Crippen MR) is 100 cm³/mol. The van der Waals surface area contributed by atoms with E-state index in [9.17, 15) is 9.18 Å². The summed E-state index contributed by atoms with van der Waals surface area (Å²) >= 11 is 7.30. The Bertz CT molecular complexity index is 1140. The van der Waals surface area contributed by atoms with Gasteiger partial charge in [-0.2, -0.15) is 5.10 Å². The first kappa shape index (κ1) is 16.8. The molecule has 0 radical (unpaired) electrons. The molecule has 0 aliphatic rings. The Kier molecular flexibility index (Phi) is 4.48. The third-order valence-corrected chi connectivity index (χ3v) is 5.05. The van der Waals surface area contributed by atoms with Crippen LogP contribution >= 0.6 is 23.4 Å². The van der Waals surface area contributed by atoms with E-state index < -0.39 is 0 Å². The molecular formula is C18H12ClFN4OS. The topological polar surface area (TPSA) is 63.6 Å². The molecule has 2 aromatic carbocycles. The second-order valence-corrected chi connectivity index (χ2v) is 6.94. The molecular weight excluding hydrogens is 375 g/mol. The van der Waals surface area contributed by atoms with Crippen molar-refractivity contribution in [3.05, 3.63) is 81.5 Å². The van der Waals surface area contributed by atoms with Crippen LogP contribution in [0.3, 0.4) is 0 Å². The molecule has 0 aliphatic heterocycles. The third kappa shape index (κ3) is 3.23. The van der Waals surface area contributed by atoms with E-state index in [1.165, 1.54) is 34.7 Å². The largest absolute Gasteiger partial charge is 0.269 e. The second kappa shape index (κ2) is 6.93. The molecule has 0 bridgehead atoms. The average molecular weight is 387 g/mol. The van der Waals surface area contributed by atoms with E-state index in [4.69, 9.17) is 11.6 Å². The summed E-state index contributed by atoms with van der Waals surface area (Å²) < 4.78 is 14.9. The van der Waals surface area contributed by atoms with Crippen LogP contribution in [0.5, 0.6) is 0 Å². The standard InChI is InChI=1S/C18H12ClFN4OS/c19-12-4-6-14(7-5-12)24-17(25)15-9-21-23-16(15)22-18(24)26-10-11-2-1-3-13(20)8-11/h1-9H,10H2,(H,21,23). The molecule has 0 saturated carbocycles. The van der Waals surface area contributed by atoms with Gasteiger partial charge >= 0.3 is 0 Å². The van der Waals surface area contributed by atoms with Crippen LogP contribution in [0.2, 0.25) is 5.02 Å². The van der Waals surface area contributed by atoms with Gasteiger partial charge in [-0.05, 0) is 42.0 Å². The van der Waals surface area contributed by atoms with Crippen LogP contribution in [-0.2, 0) is 5.75 Å². The van der Waals surface area contributed by atoms with Gasteiger partial charge < -0.3 is 0 Å². The Morgan fingerprint density at radius 3 is 2.77 bits per heavy atom. The molecule has 0 amide bonds. The molecule has 4 aromatic rings. The fourth-order valence-corrected chi connectivity index (χ4v) is 3.64. The van der Waals surface area contributed by atoms with Crippen molar-refractivity contribution in [2.45, 2.75) is 10.9 Å². The van der Waals surface area contributed by atoms with Crippen molar-refractivity contribution in [3.63, 3.8) is 0 Å². The lowest BCUT2D eigenvalue weighted by Gasteiger charge is -2.12. The van der Waals surface area contributed by atoms with Crippen LogP contribution in [0.1, 0.15) is 5.56 Å². The number of aromatic amines is 1. The first-order valence-electron chi connectivity index (χ1n) is 7.71. The monoisotopic (exact) mass is 386 g/mol. The number of H-pyrrole nitrogens is 1. The van der Waals surface area contributed by atoms with Gasteiger partial charge in [0.15, 0.2) is 10.8 Å². The summed E-state index contributed by atoms with van der Waals surface area (Å²) in [5, 5.41) is 8.09. The number of thioether (sulfide) groups is 1. The van der Waals surface area contributed by atoms with E-state index in [-0.39, 0.29) is 11.4 Å². The molecule has 0 saturated heterocycles. The summed E-state index contributed by atoms with van der Waals surface area (Å²) in [5.41, 5.74) is 1.64. The Hall–Kier alpha value is -2.64. The maximum atomic E-state index is 13.4. The summed E-state index contributed by atoms with van der Waals surface area (Å²) in [6.45, 7) is 0. The number of nitrogens with zero attached hydrogens (tertiary/aromatic N) is 3. The van der Waals surface area contributed by atoms with Crippen LogP contribution in [0.25, 0.3) is 16.7 Å². The van der Waals surface area contributed by atoms with E-state index in [1.807, 2.05) is 6.07 Å². The predicted octanol–water partition coefficient (Wildman–Crippen LogP) is 4.19. The first-order chi connectivity index (χ1) is 12.6. The molecule has 4 rings (SSSR count). The van der Waals surface area contributed by atoms with Gasteiger partial charge in [0.1, 0.15) is 11.2 Å². The number of hydrogen-bond donors (Lipinski definition) is 1. The van der Waals surface area contributed by atoms with Crippen LogP contribution < -0.4 is 5.56 Å². The van der Waals surface area contributed by atoms with Crippen LogP contribution in [-0.4, -0.2) is 19.7 Å². The molecule has 1 N–H and O–H groups in total. The Labute approximate surface area is 156 Å². The van der Waals surface area contributed by atoms with E-state index in [0.717, 1.165) is 5.56 Å². The van der Waals surface area contributed by atoms with Crippen LogP contribution in [0, 0.1) is 5.82 Å². The van der Waals surface area contributed by atoms with E-state index in [0.29, 0.717) is 32.7 Å². The smallest absolute Gasteiger partial charge is 0.268 e. The summed E-state index contributed by atoms with van der Waals surface area (Å²) in [7, 11) is 0. The highest BCUT2D eigenvalue weighted by molar-refractivity contribution is 7.98. The van der Waals surface area contributed by atoms with Crippen molar-refractivity contribution >= 4 is 34.4 Å². The van der Waals surface area contributed by atoms with Gasteiger partial charge in [-0.15, -0.1) is 0 Å². The fourth-order valence-electron chi connectivity index (χ4n) is 2.56. The molecule has 8 heteroatoms. The SMILES string of the molecule is O=c1c2cn[nH]c2nc(SCc2cccc(F)c2)n1-c1ccc(Cl)cc1. The quantitative estimate of drug-likeness (QED) is 0.422. The molecule has 2 aromatic heterocycles. The van der Waals surface area contributed by atoms with Gasteiger partial charge in [0.05, 0.1) is 11.9 Å². The molecule has 0 aliphatic carbocycles. The first-order valence-corrected chi connectivity index (χ1v) is 9.07. The number of halogens is 2. The molecule has 26 heavy (non-hydrogen) atoms. The van der Waals surface area contributed by atoms with Crippen LogP contribution in [0.4, 0.5) is 4.39 Å². The van der Waals surface area contributed by atoms with Crippen molar-refractivity contribution in [1.29, 1.82) is 0 Å². The summed E-state index contributed by atoms with van der Waals surface area (Å²) in [6, 6.07) is 13.3. The maximum Gasteiger partial charge on any atom is 0.269 e. The molecule has 130 valence electrons.